The first kappa shape index (κ1) is 18.2. The minimum absolute atomic E-state index is 0. The molecule has 1 saturated heterocycles. The molecule has 1 heterocycles. The third-order valence-electron chi connectivity index (χ3n) is 3.64. The summed E-state index contributed by atoms with van der Waals surface area (Å²) in [4.78, 5) is 0.342. The van der Waals surface area contributed by atoms with Gasteiger partial charge >= 0.3 is 0 Å². The Labute approximate surface area is 132 Å². The van der Waals surface area contributed by atoms with Crippen LogP contribution in [0.3, 0.4) is 0 Å². The van der Waals surface area contributed by atoms with Crippen LogP contribution in [0.4, 0.5) is 0 Å². The highest BCUT2D eigenvalue weighted by molar-refractivity contribution is 7.89. The Morgan fingerprint density at radius 3 is 2.38 bits per heavy atom. The summed E-state index contributed by atoms with van der Waals surface area (Å²) in [6.07, 6.45) is 1.65. The quantitative estimate of drug-likeness (QED) is 0.880. The maximum Gasteiger partial charge on any atom is 0.241 e. The van der Waals surface area contributed by atoms with E-state index in [1.165, 1.54) is 0 Å². The lowest BCUT2D eigenvalue weighted by Crippen LogP contribution is -2.42. The van der Waals surface area contributed by atoms with Crippen LogP contribution >= 0.6 is 12.4 Å². The molecule has 1 aromatic carbocycles. The van der Waals surface area contributed by atoms with Gasteiger partial charge in [-0.15, -0.1) is 12.4 Å². The lowest BCUT2D eigenvalue weighted by molar-refractivity contribution is 0.410. The van der Waals surface area contributed by atoms with Crippen molar-refractivity contribution in [3.63, 3.8) is 0 Å². The molecule has 0 aliphatic carbocycles. The average molecular weight is 335 g/mol. The highest BCUT2D eigenvalue weighted by Crippen LogP contribution is 2.26. The van der Waals surface area contributed by atoms with Crippen LogP contribution in [0.25, 0.3) is 0 Å². The van der Waals surface area contributed by atoms with Gasteiger partial charge in [-0.25, -0.2) is 13.1 Å². The van der Waals surface area contributed by atoms with Crippen molar-refractivity contribution in [2.24, 2.45) is 0 Å². The summed E-state index contributed by atoms with van der Waals surface area (Å²) in [6, 6.07) is 3.47. The van der Waals surface area contributed by atoms with Crippen molar-refractivity contribution >= 4 is 22.4 Å². The monoisotopic (exact) mass is 334 g/mol. The number of halogens is 1. The summed E-state index contributed by atoms with van der Waals surface area (Å²) in [5.41, 5.74) is 1.53. The fourth-order valence-electron chi connectivity index (χ4n) is 2.50. The Morgan fingerprint density at radius 2 is 1.81 bits per heavy atom. The minimum atomic E-state index is -3.47. The smallest absolute Gasteiger partial charge is 0.241 e. The summed E-state index contributed by atoms with van der Waals surface area (Å²) in [6.45, 7) is 5.35. The molecule has 0 bridgehead atoms. The maximum atomic E-state index is 12.5. The molecule has 1 aromatic rings. The average Bonchev–Trinajstić information content (AvgIpc) is 2.41. The van der Waals surface area contributed by atoms with Gasteiger partial charge in [0.15, 0.2) is 0 Å². The number of nitrogens with one attached hydrogen (secondary N) is 2. The Balaban J connectivity index is 0.00000220. The molecular weight excluding hydrogens is 312 g/mol. The summed E-state index contributed by atoms with van der Waals surface area (Å²) in [7, 11) is -1.88. The van der Waals surface area contributed by atoms with Gasteiger partial charge in [0.25, 0.3) is 0 Å². The molecule has 0 amide bonds. The van der Waals surface area contributed by atoms with Crippen molar-refractivity contribution in [1.82, 2.24) is 10.0 Å². The van der Waals surface area contributed by atoms with Gasteiger partial charge in [0, 0.05) is 6.04 Å². The van der Waals surface area contributed by atoms with E-state index in [2.05, 4.69) is 10.0 Å². The van der Waals surface area contributed by atoms with Crippen molar-refractivity contribution < 1.29 is 13.2 Å². The predicted octanol–water partition coefficient (Wildman–Crippen LogP) is 1.76. The second-order valence-corrected chi connectivity index (χ2v) is 6.92. The van der Waals surface area contributed by atoms with E-state index in [1.54, 1.807) is 26.2 Å². The van der Waals surface area contributed by atoms with Crippen LogP contribution in [0.1, 0.15) is 24.0 Å². The van der Waals surface area contributed by atoms with Crippen LogP contribution in [0.5, 0.6) is 5.75 Å². The van der Waals surface area contributed by atoms with E-state index in [9.17, 15) is 8.42 Å². The summed E-state index contributed by atoms with van der Waals surface area (Å²) >= 11 is 0. The largest absolute Gasteiger partial charge is 0.496 e. The van der Waals surface area contributed by atoms with Crippen molar-refractivity contribution in [3.8, 4) is 5.75 Å². The Kier molecular flexibility index (Phi) is 6.46. The van der Waals surface area contributed by atoms with E-state index in [4.69, 9.17) is 4.74 Å². The molecule has 1 fully saturated rings. The Morgan fingerprint density at radius 1 is 1.19 bits per heavy atom. The van der Waals surface area contributed by atoms with Crippen LogP contribution in [0, 0.1) is 13.8 Å². The standard InChI is InChI=1S/C14H22N2O3S.ClH/c1-10-9-14(11(2)8-13(10)19-3)20(17,18)16-12-4-6-15-7-5-12;/h8-9,12,15-16H,4-7H2,1-3H3;1H. The first-order valence-electron chi connectivity index (χ1n) is 6.82. The van der Waals surface area contributed by atoms with Crippen LogP contribution in [0.2, 0.25) is 0 Å². The molecule has 0 aromatic heterocycles. The Hall–Kier alpha value is -0.820. The highest BCUT2D eigenvalue weighted by atomic mass is 35.5. The molecule has 2 rings (SSSR count). The van der Waals surface area contributed by atoms with E-state index < -0.39 is 10.0 Å². The van der Waals surface area contributed by atoms with Gasteiger partial charge in [-0.05, 0) is 63.0 Å². The van der Waals surface area contributed by atoms with Crippen molar-refractivity contribution in [2.75, 3.05) is 20.2 Å². The molecule has 120 valence electrons. The van der Waals surface area contributed by atoms with E-state index in [0.717, 1.165) is 31.5 Å². The molecule has 1 aliphatic rings. The topological polar surface area (TPSA) is 67.4 Å². The SMILES string of the molecule is COc1cc(C)c(S(=O)(=O)NC2CCNCC2)cc1C.Cl. The second kappa shape index (κ2) is 7.45. The number of hydrogen-bond donors (Lipinski definition) is 2. The van der Waals surface area contributed by atoms with E-state index in [0.29, 0.717) is 16.2 Å². The van der Waals surface area contributed by atoms with Gasteiger partial charge in [-0.1, -0.05) is 0 Å². The number of benzene rings is 1. The number of piperidine rings is 1. The lowest BCUT2D eigenvalue weighted by atomic mass is 10.1. The zero-order valence-corrected chi connectivity index (χ0v) is 14.2. The minimum Gasteiger partial charge on any atom is -0.496 e. The van der Waals surface area contributed by atoms with Gasteiger partial charge in [0.05, 0.1) is 12.0 Å². The number of rotatable bonds is 4. The van der Waals surface area contributed by atoms with Crippen molar-refractivity contribution in [3.05, 3.63) is 23.3 Å². The first-order valence-corrected chi connectivity index (χ1v) is 8.30. The van der Waals surface area contributed by atoms with Gasteiger partial charge in [0.2, 0.25) is 10.0 Å². The van der Waals surface area contributed by atoms with Gasteiger partial charge in [-0.2, -0.15) is 0 Å². The molecule has 21 heavy (non-hydrogen) atoms. The van der Waals surface area contributed by atoms with Gasteiger partial charge in [0.1, 0.15) is 5.75 Å². The zero-order chi connectivity index (χ0) is 14.8. The van der Waals surface area contributed by atoms with Crippen LogP contribution < -0.4 is 14.8 Å². The highest BCUT2D eigenvalue weighted by Gasteiger charge is 2.23. The Bertz CT molecular complexity index is 584. The third kappa shape index (κ3) is 4.32. The molecular formula is C14H23ClN2O3S. The fourth-order valence-corrected chi connectivity index (χ4v) is 4.11. The fraction of sp³-hybridized carbons (Fsp3) is 0.571. The number of aryl methyl sites for hydroxylation is 2. The van der Waals surface area contributed by atoms with Crippen LogP contribution in [-0.2, 0) is 10.0 Å². The van der Waals surface area contributed by atoms with E-state index in [-0.39, 0.29) is 18.4 Å². The predicted molar refractivity (Wildman–Crippen MR) is 85.9 cm³/mol. The van der Waals surface area contributed by atoms with E-state index >= 15 is 0 Å². The molecule has 7 heteroatoms. The van der Waals surface area contributed by atoms with Crippen LogP contribution in [0.15, 0.2) is 17.0 Å². The van der Waals surface area contributed by atoms with Crippen molar-refractivity contribution in [2.45, 2.75) is 37.6 Å². The molecule has 5 nitrogen and oxygen atoms in total. The molecule has 2 N–H and O–H groups in total. The van der Waals surface area contributed by atoms with Crippen molar-refractivity contribution in [1.29, 1.82) is 0 Å². The molecule has 0 radical (unpaired) electrons. The molecule has 0 atom stereocenters. The van der Waals surface area contributed by atoms with E-state index in [1.807, 2.05) is 6.92 Å². The molecule has 0 unspecified atom stereocenters. The van der Waals surface area contributed by atoms with Gasteiger partial charge in [-0.3, -0.25) is 0 Å². The first-order chi connectivity index (χ1) is 9.44. The summed E-state index contributed by atoms with van der Waals surface area (Å²) < 4.78 is 33.0. The van der Waals surface area contributed by atoms with Crippen LogP contribution in [-0.4, -0.2) is 34.7 Å². The number of sulfonamides is 1. The molecule has 0 spiro atoms. The number of ether oxygens (including phenoxy) is 1. The summed E-state index contributed by atoms with van der Waals surface area (Å²) in [5, 5.41) is 3.22. The zero-order valence-electron chi connectivity index (χ0n) is 12.6. The maximum absolute atomic E-state index is 12.5. The number of methoxy groups -OCH3 is 1. The van der Waals surface area contributed by atoms with Gasteiger partial charge < -0.3 is 10.1 Å². The second-order valence-electron chi connectivity index (χ2n) is 5.23. The molecule has 1 aliphatic heterocycles. The summed E-state index contributed by atoms with van der Waals surface area (Å²) in [5.74, 6) is 0.711. The number of hydrogen-bond acceptors (Lipinski definition) is 4. The molecule has 0 saturated carbocycles. The third-order valence-corrected chi connectivity index (χ3v) is 5.31. The lowest BCUT2D eigenvalue weighted by Gasteiger charge is -2.24. The normalized spacial score (nSPS) is 16.3.